The number of carbonyl (C=O) groups excluding carboxylic acids is 1. The SMILES string of the molecule is CCc1ccccc1C(=O)NCC1(N2CCOC(C)(C)C2)CCCCC1. The molecule has 4 nitrogen and oxygen atoms in total. The molecule has 0 unspecified atom stereocenters. The third-order valence-corrected chi connectivity index (χ3v) is 6.10. The summed E-state index contributed by atoms with van der Waals surface area (Å²) in [6, 6.07) is 7.96. The Labute approximate surface area is 158 Å². The molecule has 2 aliphatic rings. The van der Waals surface area contributed by atoms with Crippen LogP contribution in [0, 0.1) is 0 Å². The first kappa shape index (κ1) is 19.4. The molecule has 1 aromatic rings. The molecule has 1 aliphatic carbocycles. The second kappa shape index (κ2) is 8.10. The van der Waals surface area contributed by atoms with E-state index in [1.54, 1.807) is 0 Å². The van der Waals surface area contributed by atoms with Crippen molar-refractivity contribution in [1.82, 2.24) is 10.2 Å². The Balaban J connectivity index is 1.73. The zero-order valence-electron chi connectivity index (χ0n) is 16.6. The number of morpholine rings is 1. The highest BCUT2D eigenvalue weighted by molar-refractivity contribution is 5.95. The quantitative estimate of drug-likeness (QED) is 0.871. The molecule has 0 aromatic heterocycles. The zero-order chi connectivity index (χ0) is 18.6. The molecule has 26 heavy (non-hydrogen) atoms. The van der Waals surface area contributed by atoms with Crippen molar-refractivity contribution >= 4 is 5.91 Å². The van der Waals surface area contributed by atoms with Crippen LogP contribution < -0.4 is 5.32 Å². The minimum absolute atomic E-state index is 0.0694. The lowest BCUT2D eigenvalue weighted by Gasteiger charge is -2.51. The number of benzene rings is 1. The number of amides is 1. The maximum atomic E-state index is 12.9. The van der Waals surface area contributed by atoms with Crippen LogP contribution in [0.2, 0.25) is 0 Å². The fourth-order valence-electron chi connectivity index (χ4n) is 4.63. The zero-order valence-corrected chi connectivity index (χ0v) is 16.6. The lowest BCUT2D eigenvalue weighted by Crippen LogP contribution is -2.63. The largest absolute Gasteiger partial charge is 0.373 e. The van der Waals surface area contributed by atoms with E-state index in [-0.39, 0.29) is 17.0 Å². The number of nitrogens with one attached hydrogen (secondary N) is 1. The summed E-state index contributed by atoms with van der Waals surface area (Å²) in [5, 5.41) is 3.29. The number of hydrogen-bond acceptors (Lipinski definition) is 3. The Kier molecular flexibility index (Phi) is 6.03. The van der Waals surface area contributed by atoms with Gasteiger partial charge in [0.2, 0.25) is 0 Å². The molecule has 0 bridgehead atoms. The normalized spacial score (nSPS) is 22.7. The predicted octanol–water partition coefficient (Wildman–Crippen LogP) is 3.79. The highest BCUT2D eigenvalue weighted by Gasteiger charge is 2.42. The molecule has 3 rings (SSSR count). The molecule has 0 spiro atoms. The van der Waals surface area contributed by atoms with Gasteiger partial charge < -0.3 is 10.1 Å². The van der Waals surface area contributed by atoms with Gasteiger partial charge in [0, 0.05) is 30.7 Å². The van der Waals surface area contributed by atoms with Crippen LogP contribution >= 0.6 is 0 Å². The van der Waals surface area contributed by atoms with Crippen LogP contribution in [-0.4, -0.2) is 48.2 Å². The lowest BCUT2D eigenvalue weighted by molar-refractivity contribution is -0.122. The van der Waals surface area contributed by atoms with E-state index in [2.05, 4.69) is 37.1 Å². The molecule has 1 aromatic carbocycles. The molecule has 1 N–H and O–H groups in total. The molecule has 0 atom stereocenters. The Morgan fingerprint density at radius 2 is 1.92 bits per heavy atom. The Bertz CT molecular complexity index is 620. The van der Waals surface area contributed by atoms with E-state index in [0.29, 0.717) is 0 Å². The van der Waals surface area contributed by atoms with E-state index in [9.17, 15) is 4.79 Å². The standard InChI is InChI=1S/C22H34N2O2/c1-4-18-10-6-7-11-19(18)20(25)23-16-22(12-8-5-9-13-22)24-14-15-26-21(2,3)17-24/h6-7,10-11H,4-5,8-9,12-17H2,1-3H3,(H,23,25). The van der Waals surface area contributed by atoms with Crippen molar-refractivity contribution in [2.45, 2.75) is 70.4 Å². The molecular weight excluding hydrogens is 324 g/mol. The van der Waals surface area contributed by atoms with E-state index in [1.807, 2.05) is 18.2 Å². The van der Waals surface area contributed by atoms with Crippen LogP contribution in [0.25, 0.3) is 0 Å². The van der Waals surface area contributed by atoms with E-state index in [1.165, 1.54) is 32.1 Å². The summed E-state index contributed by atoms with van der Waals surface area (Å²) in [6.07, 6.45) is 7.02. The maximum absolute atomic E-state index is 12.9. The van der Waals surface area contributed by atoms with Crippen LogP contribution in [0.15, 0.2) is 24.3 Å². The molecule has 1 heterocycles. The molecule has 1 aliphatic heterocycles. The molecule has 144 valence electrons. The van der Waals surface area contributed by atoms with Gasteiger partial charge in [-0.1, -0.05) is 44.4 Å². The van der Waals surface area contributed by atoms with Gasteiger partial charge in [0.1, 0.15) is 0 Å². The second-order valence-corrected chi connectivity index (χ2v) is 8.51. The number of ether oxygens (including phenoxy) is 1. The first-order chi connectivity index (χ1) is 12.5. The topological polar surface area (TPSA) is 41.6 Å². The van der Waals surface area contributed by atoms with Crippen molar-refractivity contribution in [3.63, 3.8) is 0 Å². The third kappa shape index (κ3) is 4.29. The molecule has 1 saturated heterocycles. The monoisotopic (exact) mass is 358 g/mol. The number of aryl methyl sites for hydroxylation is 1. The number of rotatable bonds is 5. The van der Waals surface area contributed by atoms with Gasteiger partial charge in [-0.25, -0.2) is 0 Å². The third-order valence-electron chi connectivity index (χ3n) is 6.10. The van der Waals surface area contributed by atoms with Gasteiger partial charge in [0.25, 0.3) is 5.91 Å². The number of hydrogen-bond donors (Lipinski definition) is 1. The highest BCUT2D eigenvalue weighted by atomic mass is 16.5. The molecule has 2 fully saturated rings. The van der Waals surface area contributed by atoms with E-state index < -0.39 is 0 Å². The molecule has 0 radical (unpaired) electrons. The van der Waals surface area contributed by atoms with Crippen LogP contribution in [-0.2, 0) is 11.2 Å². The van der Waals surface area contributed by atoms with Crippen LogP contribution in [0.3, 0.4) is 0 Å². The van der Waals surface area contributed by atoms with Gasteiger partial charge in [-0.3, -0.25) is 9.69 Å². The summed E-state index contributed by atoms with van der Waals surface area (Å²) in [4.78, 5) is 15.5. The van der Waals surface area contributed by atoms with Gasteiger partial charge >= 0.3 is 0 Å². The Morgan fingerprint density at radius 1 is 1.19 bits per heavy atom. The summed E-state index contributed by atoms with van der Waals surface area (Å²) >= 11 is 0. The lowest BCUT2D eigenvalue weighted by atomic mass is 9.79. The average Bonchev–Trinajstić information content (AvgIpc) is 2.66. The van der Waals surface area contributed by atoms with Crippen LogP contribution in [0.1, 0.15) is 68.8 Å². The van der Waals surface area contributed by atoms with E-state index >= 15 is 0 Å². The summed E-state index contributed by atoms with van der Waals surface area (Å²) in [7, 11) is 0. The summed E-state index contributed by atoms with van der Waals surface area (Å²) in [5.41, 5.74) is 1.91. The molecule has 1 amide bonds. The summed E-state index contributed by atoms with van der Waals surface area (Å²) in [6.45, 7) is 9.86. The van der Waals surface area contributed by atoms with Crippen molar-refractivity contribution in [3.8, 4) is 0 Å². The fourth-order valence-corrected chi connectivity index (χ4v) is 4.63. The molecule has 1 saturated carbocycles. The van der Waals surface area contributed by atoms with Gasteiger partial charge in [0.15, 0.2) is 0 Å². The van der Waals surface area contributed by atoms with Crippen molar-refractivity contribution in [2.24, 2.45) is 0 Å². The van der Waals surface area contributed by atoms with Gasteiger partial charge in [-0.2, -0.15) is 0 Å². The van der Waals surface area contributed by atoms with Crippen molar-refractivity contribution < 1.29 is 9.53 Å². The average molecular weight is 359 g/mol. The first-order valence-electron chi connectivity index (χ1n) is 10.2. The summed E-state index contributed by atoms with van der Waals surface area (Å²) < 4.78 is 5.93. The van der Waals surface area contributed by atoms with Gasteiger partial charge in [-0.15, -0.1) is 0 Å². The van der Waals surface area contributed by atoms with Crippen molar-refractivity contribution in [1.29, 1.82) is 0 Å². The predicted molar refractivity (Wildman–Crippen MR) is 106 cm³/mol. The van der Waals surface area contributed by atoms with Crippen molar-refractivity contribution in [2.75, 3.05) is 26.2 Å². The number of nitrogens with zero attached hydrogens (tertiary/aromatic N) is 1. The number of carbonyl (C=O) groups is 1. The smallest absolute Gasteiger partial charge is 0.251 e. The first-order valence-corrected chi connectivity index (χ1v) is 10.2. The van der Waals surface area contributed by atoms with Crippen LogP contribution in [0.5, 0.6) is 0 Å². The van der Waals surface area contributed by atoms with Gasteiger partial charge in [0.05, 0.1) is 12.2 Å². The van der Waals surface area contributed by atoms with Gasteiger partial charge in [-0.05, 0) is 44.7 Å². The van der Waals surface area contributed by atoms with Crippen LogP contribution in [0.4, 0.5) is 0 Å². The highest BCUT2D eigenvalue weighted by Crippen LogP contribution is 2.36. The Hall–Kier alpha value is -1.39. The molecule has 4 heteroatoms. The minimum Gasteiger partial charge on any atom is -0.373 e. The van der Waals surface area contributed by atoms with E-state index in [4.69, 9.17) is 4.74 Å². The van der Waals surface area contributed by atoms with Crippen molar-refractivity contribution in [3.05, 3.63) is 35.4 Å². The minimum atomic E-state index is -0.110. The molecular formula is C22H34N2O2. The fraction of sp³-hybridized carbons (Fsp3) is 0.682. The second-order valence-electron chi connectivity index (χ2n) is 8.51. The summed E-state index contributed by atoms with van der Waals surface area (Å²) in [5.74, 6) is 0.0694. The van der Waals surface area contributed by atoms with E-state index in [0.717, 1.165) is 43.8 Å². The maximum Gasteiger partial charge on any atom is 0.251 e. The Morgan fingerprint density at radius 3 is 2.62 bits per heavy atom.